The van der Waals surface area contributed by atoms with E-state index in [0.717, 1.165) is 12.0 Å². The van der Waals surface area contributed by atoms with Crippen LogP contribution in [0.15, 0.2) is 24.3 Å². The molecule has 0 aliphatic carbocycles. The number of hydroxylamine groups is 2. The Hall–Kier alpha value is -1.35. The average molecular weight is 193 g/mol. The quantitative estimate of drug-likeness (QED) is 0.686. The van der Waals surface area contributed by atoms with E-state index in [1.807, 2.05) is 18.2 Å². The summed E-state index contributed by atoms with van der Waals surface area (Å²) in [5.74, 6) is -0.122. The number of amides is 1. The van der Waals surface area contributed by atoms with Gasteiger partial charge in [0.15, 0.2) is 0 Å². The lowest BCUT2D eigenvalue weighted by Gasteiger charge is -2.13. The highest BCUT2D eigenvalue weighted by Gasteiger charge is 2.10. The van der Waals surface area contributed by atoms with E-state index in [9.17, 15) is 4.79 Å². The summed E-state index contributed by atoms with van der Waals surface area (Å²) >= 11 is 0. The number of hydrogen-bond acceptors (Lipinski definition) is 2. The zero-order valence-electron chi connectivity index (χ0n) is 8.78. The van der Waals surface area contributed by atoms with Crippen molar-refractivity contribution < 1.29 is 9.63 Å². The highest BCUT2D eigenvalue weighted by Crippen LogP contribution is 2.08. The van der Waals surface area contributed by atoms with Crippen molar-refractivity contribution in [3.05, 3.63) is 35.4 Å². The van der Waals surface area contributed by atoms with E-state index in [0.29, 0.717) is 5.56 Å². The second kappa shape index (κ2) is 4.77. The Kier molecular flexibility index (Phi) is 3.65. The van der Waals surface area contributed by atoms with Crippen LogP contribution in [0.3, 0.4) is 0 Å². The third-order valence-electron chi connectivity index (χ3n) is 2.14. The highest BCUT2D eigenvalue weighted by molar-refractivity contribution is 5.93. The summed E-state index contributed by atoms with van der Waals surface area (Å²) in [6.45, 7) is 2.06. The van der Waals surface area contributed by atoms with Gasteiger partial charge in [0.2, 0.25) is 0 Å². The Labute approximate surface area is 84.2 Å². The van der Waals surface area contributed by atoms with Gasteiger partial charge in [-0.2, -0.15) is 0 Å². The lowest BCUT2D eigenvalue weighted by molar-refractivity contribution is -0.0757. The second-order valence-electron chi connectivity index (χ2n) is 3.04. The first-order chi connectivity index (χ1) is 6.69. The number of carbonyl (C=O) groups excluding carboxylic acids is 1. The molecule has 0 N–H and O–H groups in total. The summed E-state index contributed by atoms with van der Waals surface area (Å²) in [5, 5.41) is 1.22. The molecule has 0 saturated carbocycles. The van der Waals surface area contributed by atoms with Crippen LogP contribution in [0, 0.1) is 0 Å². The summed E-state index contributed by atoms with van der Waals surface area (Å²) in [4.78, 5) is 16.5. The van der Waals surface area contributed by atoms with E-state index in [-0.39, 0.29) is 5.91 Å². The minimum atomic E-state index is -0.122. The van der Waals surface area contributed by atoms with Crippen molar-refractivity contribution in [1.82, 2.24) is 5.06 Å². The maximum atomic E-state index is 11.6. The van der Waals surface area contributed by atoms with Gasteiger partial charge in [0.25, 0.3) is 5.91 Å². The van der Waals surface area contributed by atoms with Crippen LogP contribution >= 0.6 is 0 Å². The van der Waals surface area contributed by atoms with Crippen molar-refractivity contribution in [1.29, 1.82) is 0 Å². The van der Waals surface area contributed by atoms with E-state index in [1.165, 1.54) is 12.2 Å². The number of hydrogen-bond donors (Lipinski definition) is 0. The molecule has 1 amide bonds. The zero-order chi connectivity index (χ0) is 10.6. The van der Waals surface area contributed by atoms with Gasteiger partial charge >= 0.3 is 0 Å². The molecule has 0 bridgehead atoms. The summed E-state index contributed by atoms with van der Waals surface area (Å²) in [5.41, 5.74) is 1.81. The Balaban J connectivity index is 2.90. The van der Waals surface area contributed by atoms with Gasteiger partial charge in [0, 0.05) is 12.6 Å². The Bertz CT molecular complexity index is 323. The molecule has 0 fully saturated rings. The molecule has 14 heavy (non-hydrogen) atoms. The van der Waals surface area contributed by atoms with Gasteiger partial charge in [-0.25, -0.2) is 5.06 Å². The van der Waals surface area contributed by atoms with Gasteiger partial charge in [-0.15, -0.1) is 0 Å². The summed E-state index contributed by atoms with van der Waals surface area (Å²) in [7, 11) is 3.07. The average Bonchev–Trinajstić information content (AvgIpc) is 2.27. The minimum Gasteiger partial charge on any atom is -0.274 e. The van der Waals surface area contributed by atoms with Crippen LogP contribution in [0.4, 0.5) is 0 Å². The first-order valence-electron chi connectivity index (χ1n) is 4.60. The van der Waals surface area contributed by atoms with Crippen molar-refractivity contribution in [3.8, 4) is 0 Å². The van der Waals surface area contributed by atoms with Crippen molar-refractivity contribution >= 4 is 5.91 Å². The molecule has 0 radical (unpaired) electrons. The smallest absolute Gasteiger partial charge is 0.274 e. The fourth-order valence-corrected chi connectivity index (χ4v) is 1.19. The molecule has 0 aromatic heterocycles. The summed E-state index contributed by atoms with van der Waals surface area (Å²) in [6, 6.07) is 7.56. The van der Waals surface area contributed by atoms with Gasteiger partial charge in [0.1, 0.15) is 0 Å². The number of benzene rings is 1. The van der Waals surface area contributed by atoms with Crippen LogP contribution in [0.25, 0.3) is 0 Å². The zero-order valence-corrected chi connectivity index (χ0v) is 8.78. The van der Waals surface area contributed by atoms with Gasteiger partial charge in [-0.1, -0.05) is 19.1 Å². The number of rotatable bonds is 3. The van der Waals surface area contributed by atoms with Crippen LogP contribution in [0.5, 0.6) is 0 Å². The maximum absolute atomic E-state index is 11.6. The van der Waals surface area contributed by atoms with Crippen molar-refractivity contribution in [3.63, 3.8) is 0 Å². The molecule has 0 heterocycles. The van der Waals surface area contributed by atoms with Gasteiger partial charge in [-0.05, 0) is 24.1 Å². The molecule has 0 unspecified atom stereocenters. The van der Waals surface area contributed by atoms with E-state index in [1.54, 1.807) is 13.1 Å². The molecule has 1 rings (SSSR count). The van der Waals surface area contributed by atoms with Crippen molar-refractivity contribution in [2.24, 2.45) is 0 Å². The molecule has 76 valence electrons. The molecular formula is C11H15NO2. The summed E-state index contributed by atoms with van der Waals surface area (Å²) in [6.07, 6.45) is 0.928. The maximum Gasteiger partial charge on any atom is 0.277 e. The van der Waals surface area contributed by atoms with Gasteiger partial charge < -0.3 is 0 Å². The number of nitrogens with zero attached hydrogens (tertiary/aromatic N) is 1. The molecule has 3 heteroatoms. The van der Waals surface area contributed by atoms with Crippen LogP contribution in [0.2, 0.25) is 0 Å². The molecule has 1 aromatic carbocycles. The largest absolute Gasteiger partial charge is 0.277 e. The highest BCUT2D eigenvalue weighted by atomic mass is 16.7. The fourth-order valence-electron chi connectivity index (χ4n) is 1.19. The van der Waals surface area contributed by atoms with Crippen molar-refractivity contribution in [2.75, 3.05) is 14.2 Å². The third kappa shape index (κ3) is 2.33. The molecule has 0 aliphatic heterocycles. The summed E-state index contributed by atoms with van der Waals surface area (Å²) < 4.78 is 0. The monoisotopic (exact) mass is 193 g/mol. The lowest BCUT2D eigenvalue weighted by atomic mass is 10.1. The van der Waals surface area contributed by atoms with Gasteiger partial charge in [-0.3, -0.25) is 9.63 Å². The Morgan fingerprint density at radius 3 is 2.79 bits per heavy atom. The standard InChI is InChI=1S/C11H15NO2/c1-4-9-6-5-7-10(8-9)11(13)12(2)14-3/h5-8H,4H2,1-3H3. The first kappa shape index (κ1) is 10.7. The van der Waals surface area contributed by atoms with E-state index >= 15 is 0 Å². The van der Waals surface area contributed by atoms with Crippen LogP contribution < -0.4 is 0 Å². The minimum absolute atomic E-state index is 0.122. The van der Waals surface area contributed by atoms with E-state index in [2.05, 4.69) is 6.92 Å². The Morgan fingerprint density at radius 1 is 1.50 bits per heavy atom. The molecule has 0 atom stereocenters. The molecule has 0 aliphatic rings. The van der Waals surface area contributed by atoms with E-state index in [4.69, 9.17) is 4.84 Å². The molecule has 0 saturated heterocycles. The predicted octanol–water partition coefficient (Wildman–Crippen LogP) is 1.88. The lowest BCUT2D eigenvalue weighted by Crippen LogP contribution is -2.25. The number of aryl methyl sites for hydroxylation is 1. The second-order valence-corrected chi connectivity index (χ2v) is 3.04. The molecule has 0 spiro atoms. The number of carbonyl (C=O) groups is 1. The normalized spacial score (nSPS) is 9.93. The van der Waals surface area contributed by atoms with E-state index < -0.39 is 0 Å². The molecule has 3 nitrogen and oxygen atoms in total. The van der Waals surface area contributed by atoms with Crippen LogP contribution in [-0.4, -0.2) is 25.1 Å². The molecule has 1 aromatic rings. The first-order valence-corrected chi connectivity index (χ1v) is 4.60. The SMILES string of the molecule is CCc1cccc(C(=O)N(C)OC)c1. The topological polar surface area (TPSA) is 29.5 Å². The third-order valence-corrected chi connectivity index (χ3v) is 2.14. The fraction of sp³-hybridized carbons (Fsp3) is 0.364. The van der Waals surface area contributed by atoms with Crippen LogP contribution in [0.1, 0.15) is 22.8 Å². The Morgan fingerprint density at radius 2 is 2.21 bits per heavy atom. The predicted molar refractivity (Wildman–Crippen MR) is 54.9 cm³/mol. The van der Waals surface area contributed by atoms with Crippen LogP contribution in [-0.2, 0) is 11.3 Å². The van der Waals surface area contributed by atoms with Crippen molar-refractivity contribution in [2.45, 2.75) is 13.3 Å². The van der Waals surface area contributed by atoms with Gasteiger partial charge in [0.05, 0.1) is 7.11 Å². The molecular weight excluding hydrogens is 178 g/mol.